The molecule has 1 fully saturated rings. The Labute approximate surface area is 137 Å². The van der Waals surface area contributed by atoms with Gasteiger partial charge in [-0.1, -0.05) is 12.1 Å². The number of aryl methyl sites for hydroxylation is 2. The van der Waals surface area contributed by atoms with Gasteiger partial charge >= 0.3 is 0 Å². The summed E-state index contributed by atoms with van der Waals surface area (Å²) in [5, 5.41) is 4.50. The maximum atomic E-state index is 13.0. The average Bonchev–Trinajstić information content (AvgIpc) is 2.78. The first-order valence-corrected chi connectivity index (χ1v) is 8.21. The van der Waals surface area contributed by atoms with E-state index in [9.17, 15) is 4.39 Å². The zero-order valence-corrected chi connectivity index (χ0v) is 14.2. The van der Waals surface area contributed by atoms with Crippen molar-refractivity contribution in [3.8, 4) is 0 Å². The molecule has 1 aliphatic heterocycles. The van der Waals surface area contributed by atoms with E-state index in [-0.39, 0.29) is 5.82 Å². The van der Waals surface area contributed by atoms with Crippen molar-refractivity contribution in [1.82, 2.24) is 19.6 Å². The average molecular weight is 316 g/mol. The van der Waals surface area contributed by atoms with Crippen LogP contribution in [0.5, 0.6) is 0 Å². The van der Waals surface area contributed by atoms with Crippen LogP contribution in [0.25, 0.3) is 0 Å². The maximum absolute atomic E-state index is 13.0. The monoisotopic (exact) mass is 316 g/mol. The van der Waals surface area contributed by atoms with E-state index in [1.807, 2.05) is 23.9 Å². The zero-order valence-electron chi connectivity index (χ0n) is 14.2. The summed E-state index contributed by atoms with van der Waals surface area (Å²) in [5.74, 6) is -0.166. The molecule has 0 atom stereocenters. The van der Waals surface area contributed by atoms with Crippen molar-refractivity contribution < 1.29 is 4.39 Å². The van der Waals surface area contributed by atoms with E-state index in [1.54, 1.807) is 12.1 Å². The largest absolute Gasteiger partial charge is 0.297 e. The van der Waals surface area contributed by atoms with Crippen LogP contribution in [0.4, 0.5) is 4.39 Å². The molecule has 5 heteroatoms. The Morgan fingerprint density at radius 1 is 0.957 bits per heavy atom. The molecule has 2 heterocycles. The fourth-order valence-corrected chi connectivity index (χ4v) is 3.22. The van der Waals surface area contributed by atoms with Crippen LogP contribution >= 0.6 is 0 Å². The molecule has 1 saturated heterocycles. The lowest BCUT2D eigenvalue weighted by molar-refractivity contribution is 0.121. The van der Waals surface area contributed by atoms with Gasteiger partial charge in [-0.3, -0.25) is 14.5 Å². The van der Waals surface area contributed by atoms with Gasteiger partial charge in [0.05, 0.1) is 5.69 Å². The molecular weight excluding hydrogens is 291 g/mol. The quantitative estimate of drug-likeness (QED) is 0.866. The molecule has 0 spiro atoms. The van der Waals surface area contributed by atoms with Gasteiger partial charge in [0.2, 0.25) is 0 Å². The first-order chi connectivity index (χ1) is 11.0. The maximum Gasteiger partial charge on any atom is 0.123 e. The second-order valence-electron chi connectivity index (χ2n) is 6.45. The number of piperazine rings is 1. The minimum absolute atomic E-state index is 0.166. The highest BCUT2D eigenvalue weighted by molar-refractivity contribution is 5.24. The van der Waals surface area contributed by atoms with Gasteiger partial charge < -0.3 is 0 Å². The Morgan fingerprint density at radius 2 is 1.52 bits per heavy atom. The summed E-state index contributed by atoms with van der Waals surface area (Å²) in [6.07, 6.45) is 0. The normalized spacial score (nSPS) is 16.9. The van der Waals surface area contributed by atoms with Gasteiger partial charge in [0.1, 0.15) is 5.82 Å². The summed E-state index contributed by atoms with van der Waals surface area (Å²) in [6, 6.07) is 6.84. The highest BCUT2D eigenvalue weighted by Gasteiger charge is 2.19. The third-order valence-electron chi connectivity index (χ3n) is 4.82. The van der Waals surface area contributed by atoms with Gasteiger partial charge in [-0.2, -0.15) is 5.10 Å². The van der Waals surface area contributed by atoms with Crippen LogP contribution < -0.4 is 0 Å². The zero-order chi connectivity index (χ0) is 16.4. The molecule has 1 aromatic carbocycles. The van der Waals surface area contributed by atoms with Crippen molar-refractivity contribution in [3.05, 3.63) is 52.6 Å². The van der Waals surface area contributed by atoms with E-state index in [2.05, 4.69) is 28.7 Å². The molecule has 0 amide bonds. The molecule has 3 rings (SSSR count). The van der Waals surface area contributed by atoms with Crippen LogP contribution in [-0.2, 0) is 20.1 Å². The van der Waals surface area contributed by atoms with Crippen molar-refractivity contribution >= 4 is 0 Å². The van der Waals surface area contributed by atoms with E-state index in [0.29, 0.717) is 0 Å². The highest BCUT2D eigenvalue weighted by atomic mass is 19.1. The molecule has 1 aliphatic rings. The topological polar surface area (TPSA) is 24.3 Å². The third-order valence-corrected chi connectivity index (χ3v) is 4.82. The van der Waals surface area contributed by atoms with Crippen molar-refractivity contribution in [1.29, 1.82) is 0 Å². The number of halogens is 1. The molecule has 0 bridgehead atoms. The van der Waals surface area contributed by atoms with Gasteiger partial charge in [0, 0.05) is 57.6 Å². The smallest absolute Gasteiger partial charge is 0.123 e. The lowest BCUT2D eigenvalue weighted by Crippen LogP contribution is -2.45. The molecule has 1 aromatic heterocycles. The molecule has 0 aliphatic carbocycles. The van der Waals surface area contributed by atoms with Crippen LogP contribution in [0.3, 0.4) is 0 Å². The number of hydrogen-bond acceptors (Lipinski definition) is 3. The van der Waals surface area contributed by atoms with Gasteiger partial charge in [0.25, 0.3) is 0 Å². The first-order valence-electron chi connectivity index (χ1n) is 8.21. The summed E-state index contributed by atoms with van der Waals surface area (Å²) >= 11 is 0. The molecule has 23 heavy (non-hydrogen) atoms. The second kappa shape index (κ2) is 6.81. The molecule has 0 saturated carbocycles. The van der Waals surface area contributed by atoms with Crippen molar-refractivity contribution in [3.63, 3.8) is 0 Å². The summed E-state index contributed by atoms with van der Waals surface area (Å²) in [4.78, 5) is 4.94. The van der Waals surface area contributed by atoms with Crippen LogP contribution in [0.1, 0.15) is 22.5 Å². The van der Waals surface area contributed by atoms with Gasteiger partial charge in [-0.25, -0.2) is 4.39 Å². The minimum atomic E-state index is -0.166. The van der Waals surface area contributed by atoms with Crippen molar-refractivity contribution in [2.45, 2.75) is 26.9 Å². The first kappa shape index (κ1) is 16.1. The SMILES string of the molecule is Cc1nn(C)c(C)c1CN1CCN(Cc2ccc(F)cc2)CC1. The summed E-state index contributed by atoms with van der Waals surface area (Å²) in [7, 11) is 2.01. The Morgan fingerprint density at radius 3 is 2.04 bits per heavy atom. The minimum Gasteiger partial charge on any atom is -0.297 e. The summed E-state index contributed by atoms with van der Waals surface area (Å²) < 4.78 is 14.9. The van der Waals surface area contributed by atoms with Gasteiger partial charge in [-0.15, -0.1) is 0 Å². The van der Waals surface area contributed by atoms with Crippen LogP contribution in [0.15, 0.2) is 24.3 Å². The standard InChI is InChI=1S/C18H25FN4/c1-14-18(15(2)21(3)20-14)13-23-10-8-22(9-11-23)12-16-4-6-17(19)7-5-16/h4-7H,8-13H2,1-3H3. The molecule has 0 N–H and O–H groups in total. The van der Waals surface area contributed by atoms with Gasteiger partial charge in [-0.05, 0) is 31.5 Å². The summed E-state index contributed by atoms with van der Waals surface area (Å²) in [6.45, 7) is 10.3. The fraction of sp³-hybridized carbons (Fsp3) is 0.500. The lowest BCUT2D eigenvalue weighted by atomic mass is 10.1. The van der Waals surface area contributed by atoms with Crippen molar-refractivity contribution in [2.24, 2.45) is 7.05 Å². The fourth-order valence-electron chi connectivity index (χ4n) is 3.22. The number of nitrogens with zero attached hydrogens (tertiary/aromatic N) is 4. The molecular formula is C18H25FN4. The molecule has 124 valence electrons. The lowest BCUT2D eigenvalue weighted by Gasteiger charge is -2.34. The molecule has 2 aromatic rings. The van der Waals surface area contributed by atoms with E-state index >= 15 is 0 Å². The Kier molecular flexibility index (Phi) is 4.78. The molecule has 0 radical (unpaired) electrons. The van der Waals surface area contributed by atoms with Gasteiger partial charge in [0.15, 0.2) is 0 Å². The summed E-state index contributed by atoms with van der Waals surface area (Å²) in [5.41, 5.74) is 4.94. The third kappa shape index (κ3) is 3.79. The number of hydrogen-bond donors (Lipinski definition) is 0. The van der Waals surface area contributed by atoms with Crippen LogP contribution in [0, 0.1) is 19.7 Å². The van der Waals surface area contributed by atoms with E-state index in [1.165, 1.54) is 16.8 Å². The Bertz CT molecular complexity index is 654. The predicted molar refractivity (Wildman–Crippen MR) is 89.6 cm³/mol. The molecule has 0 unspecified atom stereocenters. The second-order valence-corrected chi connectivity index (χ2v) is 6.45. The van der Waals surface area contributed by atoms with E-state index < -0.39 is 0 Å². The van der Waals surface area contributed by atoms with Crippen LogP contribution in [-0.4, -0.2) is 45.8 Å². The highest BCUT2D eigenvalue weighted by Crippen LogP contribution is 2.17. The van der Waals surface area contributed by atoms with E-state index in [4.69, 9.17) is 0 Å². The predicted octanol–water partition coefficient (Wildman–Crippen LogP) is 2.49. The van der Waals surface area contributed by atoms with Crippen molar-refractivity contribution in [2.75, 3.05) is 26.2 Å². The number of rotatable bonds is 4. The Balaban J connectivity index is 1.53. The number of aromatic nitrogens is 2. The van der Waals surface area contributed by atoms with E-state index in [0.717, 1.165) is 45.0 Å². The molecule has 4 nitrogen and oxygen atoms in total. The Hall–Kier alpha value is -1.72. The number of benzene rings is 1. The van der Waals surface area contributed by atoms with Crippen LogP contribution in [0.2, 0.25) is 0 Å².